The zero-order valence-electron chi connectivity index (χ0n) is 13.4. The lowest BCUT2D eigenvalue weighted by atomic mass is 10.0. The highest BCUT2D eigenvalue weighted by Crippen LogP contribution is 2.18. The number of carbonyl (C=O) groups is 2. The number of nitrogens with one attached hydrogen (secondary N) is 1. The number of carboxylic acids is 1. The van der Waals surface area contributed by atoms with Crippen LogP contribution < -0.4 is 10.9 Å². The fourth-order valence-corrected chi connectivity index (χ4v) is 2.51. The van der Waals surface area contributed by atoms with Crippen LogP contribution in [0.5, 0.6) is 0 Å². The number of hydrogen-bond donors (Lipinski definition) is 2. The maximum Gasteiger partial charge on any atom is 0.303 e. The van der Waals surface area contributed by atoms with Crippen molar-refractivity contribution in [2.45, 2.75) is 45.6 Å². The smallest absolute Gasteiger partial charge is 0.303 e. The molecule has 0 aliphatic carbocycles. The van der Waals surface area contributed by atoms with E-state index in [2.05, 4.69) is 5.32 Å². The standard InChI is InChI=1S/C16H23ClN2O4/c1-11(2)15(19-10-12(17)7-8-13(19)20)16(23)18-9-5-3-4-6-14(21)22/h7-8,10-11,15H,3-6,9H2,1-2H3,(H,18,23)(H,21,22). The number of aliphatic carboxylic acids is 1. The Balaban J connectivity index is 2.61. The number of pyridine rings is 1. The molecule has 128 valence electrons. The predicted molar refractivity (Wildman–Crippen MR) is 88.7 cm³/mol. The second-order valence-corrected chi connectivity index (χ2v) is 6.21. The Kier molecular flexibility index (Phi) is 7.81. The van der Waals surface area contributed by atoms with Crippen molar-refractivity contribution in [1.29, 1.82) is 0 Å². The van der Waals surface area contributed by atoms with Crippen molar-refractivity contribution in [3.63, 3.8) is 0 Å². The fourth-order valence-electron chi connectivity index (χ4n) is 2.34. The Morgan fingerprint density at radius 2 is 1.96 bits per heavy atom. The van der Waals surface area contributed by atoms with Crippen LogP contribution >= 0.6 is 11.6 Å². The van der Waals surface area contributed by atoms with E-state index < -0.39 is 12.0 Å². The van der Waals surface area contributed by atoms with Gasteiger partial charge >= 0.3 is 5.97 Å². The molecule has 0 fully saturated rings. The number of aromatic nitrogens is 1. The first-order chi connectivity index (χ1) is 10.8. The molecule has 0 aromatic carbocycles. The lowest BCUT2D eigenvalue weighted by Gasteiger charge is -2.22. The van der Waals surface area contributed by atoms with Crippen molar-refractivity contribution in [1.82, 2.24) is 9.88 Å². The third kappa shape index (κ3) is 6.44. The quantitative estimate of drug-likeness (QED) is 0.675. The molecule has 1 aromatic rings. The maximum atomic E-state index is 12.4. The highest BCUT2D eigenvalue weighted by Gasteiger charge is 2.24. The molecule has 0 saturated heterocycles. The van der Waals surface area contributed by atoms with E-state index in [-0.39, 0.29) is 23.8 Å². The summed E-state index contributed by atoms with van der Waals surface area (Å²) in [6.07, 6.45) is 3.64. The van der Waals surface area contributed by atoms with E-state index in [1.165, 1.54) is 22.9 Å². The molecule has 0 aliphatic heterocycles. The number of unbranched alkanes of at least 4 members (excludes halogenated alkanes) is 2. The molecule has 2 N–H and O–H groups in total. The molecule has 1 heterocycles. The van der Waals surface area contributed by atoms with E-state index in [4.69, 9.17) is 16.7 Å². The average molecular weight is 343 g/mol. The topological polar surface area (TPSA) is 88.4 Å². The summed E-state index contributed by atoms with van der Waals surface area (Å²) < 4.78 is 1.35. The number of halogens is 1. The zero-order valence-corrected chi connectivity index (χ0v) is 14.2. The molecule has 1 amide bonds. The first kappa shape index (κ1) is 19.2. The molecule has 6 nitrogen and oxygen atoms in total. The molecular weight excluding hydrogens is 320 g/mol. The first-order valence-electron chi connectivity index (χ1n) is 7.70. The van der Waals surface area contributed by atoms with Gasteiger partial charge in [-0.3, -0.25) is 14.4 Å². The molecule has 1 aromatic heterocycles. The minimum atomic E-state index is -0.811. The van der Waals surface area contributed by atoms with Gasteiger partial charge in [-0.2, -0.15) is 0 Å². The van der Waals surface area contributed by atoms with Gasteiger partial charge < -0.3 is 15.0 Å². The average Bonchev–Trinajstić information content (AvgIpc) is 2.46. The van der Waals surface area contributed by atoms with Gasteiger partial charge in [0, 0.05) is 25.2 Å². The summed E-state index contributed by atoms with van der Waals surface area (Å²) in [5.41, 5.74) is -0.273. The van der Waals surface area contributed by atoms with Gasteiger partial charge in [0.15, 0.2) is 0 Å². The molecule has 1 rings (SSSR count). The maximum absolute atomic E-state index is 12.4. The zero-order chi connectivity index (χ0) is 17.4. The molecule has 0 bridgehead atoms. The summed E-state index contributed by atoms with van der Waals surface area (Å²) in [6, 6.07) is 2.22. The normalized spacial score (nSPS) is 12.2. The van der Waals surface area contributed by atoms with Crippen LogP contribution in [0.4, 0.5) is 0 Å². The molecule has 23 heavy (non-hydrogen) atoms. The number of rotatable bonds is 9. The molecule has 0 aliphatic rings. The Morgan fingerprint density at radius 3 is 2.57 bits per heavy atom. The molecular formula is C16H23ClN2O4. The van der Waals surface area contributed by atoms with E-state index in [9.17, 15) is 14.4 Å². The van der Waals surface area contributed by atoms with Crippen molar-refractivity contribution < 1.29 is 14.7 Å². The highest BCUT2D eigenvalue weighted by atomic mass is 35.5. The van der Waals surface area contributed by atoms with Crippen molar-refractivity contribution in [3.8, 4) is 0 Å². The molecule has 0 spiro atoms. The van der Waals surface area contributed by atoms with Gasteiger partial charge in [-0.15, -0.1) is 0 Å². The summed E-state index contributed by atoms with van der Waals surface area (Å²) in [6.45, 7) is 4.19. The van der Waals surface area contributed by atoms with E-state index in [0.717, 1.165) is 6.42 Å². The number of amides is 1. The lowest BCUT2D eigenvalue weighted by Crippen LogP contribution is -2.39. The van der Waals surface area contributed by atoms with Gasteiger partial charge in [0.1, 0.15) is 6.04 Å². The van der Waals surface area contributed by atoms with E-state index in [0.29, 0.717) is 24.4 Å². The minimum Gasteiger partial charge on any atom is -0.481 e. The Morgan fingerprint density at radius 1 is 1.26 bits per heavy atom. The lowest BCUT2D eigenvalue weighted by molar-refractivity contribution is -0.137. The monoisotopic (exact) mass is 342 g/mol. The third-order valence-corrected chi connectivity index (χ3v) is 3.69. The summed E-state index contributed by atoms with van der Waals surface area (Å²) in [5, 5.41) is 11.8. The number of carboxylic acid groups (broad SMARTS) is 1. The molecule has 0 saturated carbocycles. The fraction of sp³-hybridized carbons (Fsp3) is 0.562. The van der Waals surface area contributed by atoms with E-state index >= 15 is 0 Å². The van der Waals surface area contributed by atoms with Gasteiger partial charge in [-0.05, 0) is 24.8 Å². The number of nitrogens with zero attached hydrogens (tertiary/aromatic N) is 1. The summed E-state index contributed by atoms with van der Waals surface area (Å²) in [4.78, 5) is 34.8. The Bertz CT molecular complexity index is 598. The highest BCUT2D eigenvalue weighted by molar-refractivity contribution is 6.30. The van der Waals surface area contributed by atoms with Crippen molar-refractivity contribution in [2.24, 2.45) is 5.92 Å². The first-order valence-corrected chi connectivity index (χ1v) is 8.08. The molecule has 7 heteroatoms. The van der Waals surface area contributed by atoms with Crippen LogP contribution in [0.2, 0.25) is 5.02 Å². The van der Waals surface area contributed by atoms with Crippen molar-refractivity contribution in [3.05, 3.63) is 33.7 Å². The second-order valence-electron chi connectivity index (χ2n) is 5.78. The van der Waals surface area contributed by atoms with Gasteiger partial charge in [0.05, 0.1) is 5.02 Å². The Labute approximate surface area is 140 Å². The van der Waals surface area contributed by atoms with Crippen LogP contribution in [0, 0.1) is 5.92 Å². The molecule has 1 unspecified atom stereocenters. The van der Waals surface area contributed by atoms with Gasteiger partial charge in [-0.25, -0.2) is 0 Å². The predicted octanol–water partition coefficient (Wildman–Crippen LogP) is 2.46. The van der Waals surface area contributed by atoms with Crippen LogP contribution in [0.1, 0.15) is 45.6 Å². The van der Waals surface area contributed by atoms with Crippen molar-refractivity contribution >= 4 is 23.5 Å². The third-order valence-electron chi connectivity index (χ3n) is 3.47. The SMILES string of the molecule is CC(C)C(C(=O)NCCCCCC(=O)O)n1cc(Cl)ccc1=O. The van der Waals surface area contributed by atoms with E-state index in [1.54, 1.807) is 0 Å². The Hall–Kier alpha value is -1.82. The van der Waals surface area contributed by atoms with Crippen LogP contribution in [0.25, 0.3) is 0 Å². The van der Waals surface area contributed by atoms with Crippen LogP contribution in [0.3, 0.4) is 0 Å². The van der Waals surface area contributed by atoms with Crippen LogP contribution in [-0.2, 0) is 9.59 Å². The largest absolute Gasteiger partial charge is 0.481 e. The van der Waals surface area contributed by atoms with Crippen molar-refractivity contribution in [2.75, 3.05) is 6.54 Å². The van der Waals surface area contributed by atoms with Gasteiger partial charge in [0.2, 0.25) is 5.91 Å². The second kappa shape index (κ2) is 9.35. The van der Waals surface area contributed by atoms with Gasteiger partial charge in [0.25, 0.3) is 5.56 Å². The summed E-state index contributed by atoms with van der Waals surface area (Å²) in [7, 11) is 0. The number of hydrogen-bond acceptors (Lipinski definition) is 3. The van der Waals surface area contributed by atoms with Crippen LogP contribution in [-0.4, -0.2) is 28.1 Å². The van der Waals surface area contributed by atoms with E-state index in [1.807, 2.05) is 13.8 Å². The summed E-state index contributed by atoms with van der Waals surface area (Å²) >= 11 is 5.92. The minimum absolute atomic E-state index is 0.0711. The summed E-state index contributed by atoms with van der Waals surface area (Å²) in [5.74, 6) is -1.12. The molecule has 1 atom stereocenters. The molecule has 0 radical (unpaired) electrons. The van der Waals surface area contributed by atoms with Crippen LogP contribution in [0.15, 0.2) is 23.1 Å². The number of carbonyl (C=O) groups excluding carboxylic acids is 1. The van der Waals surface area contributed by atoms with Gasteiger partial charge in [-0.1, -0.05) is 31.9 Å².